The topological polar surface area (TPSA) is 46.6 Å². The number of hydrogen-bond acceptors (Lipinski definition) is 3. The first-order chi connectivity index (χ1) is 8.25. The first-order valence-corrected chi connectivity index (χ1v) is 7.90. The summed E-state index contributed by atoms with van der Waals surface area (Å²) in [5.41, 5.74) is -0.522. The van der Waals surface area contributed by atoms with Gasteiger partial charge in [0.1, 0.15) is 6.23 Å². The van der Waals surface area contributed by atoms with E-state index in [1.54, 1.807) is 31.2 Å². The monoisotopic (exact) mass is 333 g/mol. The Hall–Kier alpha value is -0.430. The van der Waals surface area contributed by atoms with Gasteiger partial charge in [-0.2, -0.15) is 4.31 Å². The molecular formula is C12H16BrNO3S. The average molecular weight is 334 g/mol. The van der Waals surface area contributed by atoms with E-state index in [-0.39, 0.29) is 4.90 Å². The van der Waals surface area contributed by atoms with Crippen molar-refractivity contribution in [3.05, 3.63) is 28.7 Å². The van der Waals surface area contributed by atoms with Gasteiger partial charge in [-0.25, -0.2) is 8.42 Å². The second kappa shape index (κ2) is 4.59. The molecule has 0 aromatic heterocycles. The lowest BCUT2D eigenvalue weighted by atomic mass is 10.1. The smallest absolute Gasteiger partial charge is 0.245 e. The lowest BCUT2D eigenvalue weighted by molar-refractivity contribution is 0.0843. The van der Waals surface area contributed by atoms with Crippen LogP contribution in [0.15, 0.2) is 33.6 Å². The van der Waals surface area contributed by atoms with Crippen LogP contribution < -0.4 is 0 Å². The minimum absolute atomic E-state index is 0.288. The average Bonchev–Trinajstić information content (AvgIpc) is 2.53. The molecular weight excluding hydrogens is 318 g/mol. The van der Waals surface area contributed by atoms with E-state index in [0.717, 1.165) is 4.47 Å². The highest BCUT2D eigenvalue weighted by Gasteiger charge is 2.46. The molecule has 1 heterocycles. The van der Waals surface area contributed by atoms with Gasteiger partial charge >= 0.3 is 0 Å². The summed E-state index contributed by atoms with van der Waals surface area (Å²) in [5, 5.41) is 0. The van der Waals surface area contributed by atoms with Crippen LogP contribution in [-0.2, 0) is 14.8 Å². The first kappa shape index (κ1) is 14.0. The van der Waals surface area contributed by atoms with Gasteiger partial charge in [-0.1, -0.05) is 15.9 Å². The number of ether oxygens (including phenoxy) is 1. The fourth-order valence-electron chi connectivity index (χ4n) is 2.19. The van der Waals surface area contributed by atoms with Crippen LogP contribution in [0.1, 0.15) is 20.8 Å². The first-order valence-electron chi connectivity index (χ1n) is 5.67. The summed E-state index contributed by atoms with van der Waals surface area (Å²) in [6.45, 7) is 5.90. The Balaban J connectivity index is 2.45. The van der Waals surface area contributed by atoms with Gasteiger partial charge in [0, 0.05) is 4.47 Å². The van der Waals surface area contributed by atoms with Crippen molar-refractivity contribution in [3.8, 4) is 0 Å². The maximum atomic E-state index is 12.6. The summed E-state index contributed by atoms with van der Waals surface area (Å²) in [4.78, 5) is 0.288. The molecule has 0 bridgehead atoms. The fourth-order valence-corrected chi connectivity index (χ4v) is 4.32. The van der Waals surface area contributed by atoms with Crippen LogP contribution in [0.3, 0.4) is 0 Å². The highest BCUT2D eigenvalue weighted by Crippen LogP contribution is 2.33. The molecule has 1 saturated heterocycles. The van der Waals surface area contributed by atoms with Crippen molar-refractivity contribution in [2.75, 3.05) is 6.61 Å². The predicted molar refractivity (Wildman–Crippen MR) is 72.7 cm³/mol. The molecule has 2 rings (SSSR count). The SMILES string of the molecule is CC1OCC(C)(C)N1S(=O)(=O)c1ccc(Br)cc1. The predicted octanol–water partition coefficient (Wildman–Crippen LogP) is 2.59. The van der Waals surface area contributed by atoms with Gasteiger partial charge in [-0.05, 0) is 45.0 Å². The fraction of sp³-hybridized carbons (Fsp3) is 0.500. The van der Waals surface area contributed by atoms with Crippen molar-refractivity contribution in [1.29, 1.82) is 0 Å². The number of benzene rings is 1. The molecule has 6 heteroatoms. The van der Waals surface area contributed by atoms with E-state index in [4.69, 9.17) is 4.74 Å². The molecule has 1 aliphatic heterocycles. The Morgan fingerprint density at radius 1 is 1.33 bits per heavy atom. The standard InChI is InChI=1S/C12H16BrNO3S/c1-9-14(12(2,3)8-17-9)18(15,16)11-6-4-10(13)5-7-11/h4-7,9H,8H2,1-3H3. The van der Waals surface area contributed by atoms with Crippen molar-refractivity contribution < 1.29 is 13.2 Å². The maximum Gasteiger partial charge on any atom is 0.245 e. The van der Waals surface area contributed by atoms with E-state index in [9.17, 15) is 8.42 Å². The zero-order valence-corrected chi connectivity index (χ0v) is 13.0. The van der Waals surface area contributed by atoms with E-state index < -0.39 is 21.8 Å². The van der Waals surface area contributed by atoms with Gasteiger partial charge in [-0.15, -0.1) is 0 Å². The van der Waals surface area contributed by atoms with E-state index in [1.165, 1.54) is 4.31 Å². The molecule has 1 aromatic rings. The number of hydrogen-bond donors (Lipinski definition) is 0. The van der Waals surface area contributed by atoms with Crippen LogP contribution in [0.25, 0.3) is 0 Å². The van der Waals surface area contributed by atoms with Gasteiger partial charge < -0.3 is 4.74 Å². The molecule has 1 aliphatic rings. The van der Waals surface area contributed by atoms with Crippen LogP contribution >= 0.6 is 15.9 Å². The van der Waals surface area contributed by atoms with Crippen molar-refractivity contribution in [1.82, 2.24) is 4.31 Å². The Labute approximate surface area is 116 Å². The minimum Gasteiger partial charge on any atom is -0.360 e. The van der Waals surface area contributed by atoms with E-state index in [2.05, 4.69) is 15.9 Å². The Bertz CT molecular complexity index is 539. The Kier molecular flexibility index (Phi) is 3.57. The molecule has 100 valence electrons. The van der Waals surface area contributed by atoms with Crippen LogP contribution in [-0.4, -0.2) is 31.1 Å². The summed E-state index contributed by atoms with van der Waals surface area (Å²) in [5.74, 6) is 0. The molecule has 0 aliphatic carbocycles. The molecule has 0 saturated carbocycles. The van der Waals surface area contributed by atoms with Gasteiger partial charge in [0.15, 0.2) is 0 Å². The van der Waals surface area contributed by atoms with Crippen molar-refractivity contribution in [2.24, 2.45) is 0 Å². The third-order valence-corrected chi connectivity index (χ3v) is 5.68. The van der Waals surface area contributed by atoms with Gasteiger partial charge in [-0.3, -0.25) is 0 Å². The molecule has 4 nitrogen and oxygen atoms in total. The summed E-state index contributed by atoms with van der Waals surface area (Å²) in [6, 6.07) is 6.64. The summed E-state index contributed by atoms with van der Waals surface area (Å²) < 4.78 is 32.9. The quantitative estimate of drug-likeness (QED) is 0.835. The highest BCUT2D eigenvalue weighted by atomic mass is 79.9. The molecule has 0 radical (unpaired) electrons. The second-order valence-corrected chi connectivity index (χ2v) is 7.71. The van der Waals surface area contributed by atoms with E-state index in [0.29, 0.717) is 6.61 Å². The van der Waals surface area contributed by atoms with Crippen molar-refractivity contribution in [3.63, 3.8) is 0 Å². The molecule has 18 heavy (non-hydrogen) atoms. The maximum absolute atomic E-state index is 12.6. The molecule has 0 N–H and O–H groups in total. The molecule has 0 amide bonds. The molecule has 0 spiro atoms. The van der Waals surface area contributed by atoms with Crippen molar-refractivity contribution in [2.45, 2.75) is 37.4 Å². The van der Waals surface area contributed by atoms with Crippen LogP contribution in [0.2, 0.25) is 0 Å². The summed E-state index contributed by atoms with van der Waals surface area (Å²) in [7, 11) is -3.52. The second-order valence-electron chi connectivity index (χ2n) is 4.98. The van der Waals surface area contributed by atoms with Crippen LogP contribution in [0, 0.1) is 0 Å². The number of halogens is 1. The third-order valence-electron chi connectivity index (χ3n) is 2.98. The molecule has 1 aromatic carbocycles. The minimum atomic E-state index is -3.52. The van der Waals surface area contributed by atoms with Crippen LogP contribution in [0.5, 0.6) is 0 Å². The van der Waals surface area contributed by atoms with E-state index >= 15 is 0 Å². The summed E-state index contributed by atoms with van der Waals surface area (Å²) >= 11 is 3.30. The van der Waals surface area contributed by atoms with Gasteiger partial charge in [0.25, 0.3) is 0 Å². The third kappa shape index (κ3) is 2.34. The van der Waals surface area contributed by atoms with Gasteiger partial charge in [0.05, 0.1) is 17.0 Å². The molecule has 1 fully saturated rings. The highest BCUT2D eigenvalue weighted by molar-refractivity contribution is 9.10. The lowest BCUT2D eigenvalue weighted by Gasteiger charge is -2.30. The zero-order valence-electron chi connectivity index (χ0n) is 10.6. The van der Waals surface area contributed by atoms with Crippen LogP contribution in [0.4, 0.5) is 0 Å². The zero-order chi connectivity index (χ0) is 13.6. The number of sulfonamides is 1. The lowest BCUT2D eigenvalue weighted by Crippen LogP contribution is -2.47. The number of nitrogens with zero attached hydrogens (tertiary/aromatic N) is 1. The Morgan fingerprint density at radius 2 is 1.89 bits per heavy atom. The Morgan fingerprint density at radius 3 is 2.33 bits per heavy atom. The summed E-state index contributed by atoms with van der Waals surface area (Å²) in [6.07, 6.45) is -0.436. The molecule has 1 unspecified atom stereocenters. The normalized spacial score (nSPS) is 24.3. The van der Waals surface area contributed by atoms with E-state index in [1.807, 2.05) is 13.8 Å². The largest absolute Gasteiger partial charge is 0.360 e. The molecule has 1 atom stereocenters. The van der Waals surface area contributed by atoms with Gasteiger partial charge in [0.2, 0.25) is 10.0 Å². The van der Waals surface area contributed by atoms with Crippen molar-refractivity contribution >= 4 is 26.0 Å². The number of rotatable bonds is 2.